The number of ether oxygens (including phenoxy) is 1. The number of aromatic nitrogens is 1. The number of methoxy groups -OCH3 is 1. The van der Waals surface area contributed by atoms with Gasteiger partial charge in [0.2, 0.25) is 5.91 Å². The van der Waals surface area contributed by atoms with Gasteiger partial charge in [0, 0.05) is 48.8 Å². The van der Waals surface area contributed by atoms with Crippen LogP contribution < -0.4 is 15.0 Å². The Kier molecular flexibility index (Phi) is 6.01. The summed E-state index contributed by atoms with van der Waals surface area (Å²) in [6.45, 7) is 7.22. The van der Waals surface area contributed by atoms with Crippen molar-refractivity contribution in [2.45, 2.75) is 19.9 Å². The van der Waals surface area contributed by atoms with Crippen LogP contribution >= 0.6 is 22.9 Å². The summed E-state index contributed by atoms with van der Waals surface area (Å²) in [6, 6.07) is 3.34. The summed E-state index contributed by atoms with van der Waals surface area (Å²) < 4.78 is 5.34. The molecule has 1 aliphatic heterocycles. The van der Waals surface area contributed by atoms with Crippen molar-refractivity contribution in [2.75, 3.05) is 43.5 Å². The van der Waals surface area contributed by atoms with Crippen LogP contribution in [0.1, 0.15) is 12.5 Å². The third kappa shape index (κ3) is 4.11. The number of halogens is 1. The van der Waals surface area contributed by atoms with Crippen LogP contribution in [0.5, 0.6) is 5.75 Å². The first-order valence-corrected chi connectivity index (χ1v) is 9.79. The molecule has 2 aromatic rings. The van der Waals surface area contributed by atoms with Gasteiger partial charge >= 0.3 is 0 Å². The molecule has 140 valence electrons. The lowest BCUT2D eigenvalue weighted by Crippen LogP contribution is -2.52. The zero-order valence-corrected chi connectivity index (χ0v) is 16.7. The van der Waals surface area contributed by atoms with Gasteiger partial charge < -0.3 is 15.0 Å². The fraction of sp³-hybridized carbons (Fsp3) is 0.444. The van der Waals surface area contributed by atoms with E-state index in [2.05, 4.69) is 20.1 Å². The molecule has 0 radical (unpaired) electrons. The van der Waals surface area contributed by atoms with Gasteiger partial charge in [-0.15, -0.1) is 11.3 Å². The van der Waals surface area contributed by atoms with E-state index in [1.165, 1.54) is 0 Å². The van der Waals surface area contributed by atoms with Crippen molar-refractivity contribution in [3.05, 3.63) is 34.3 Å². The summed E-state index contributed by atoms with van der Waals surface area (Å²) in [5, 5.41) is 6.62. The van der Waals surface area contributed by atoms with Crippen LogP contribution in [0.15, 0.2) is 23.7 Å². The zero-order chi connectivity index (χ0) is 18.7. The van der Waals surface area contributed by atoms with Crippen molar-refractivity contribution >= 4 is 39.7 Å². The lowest BCUT2D eigenvalue weighted by atomic mass is 10.1. The maximum Gasteiger partial charge on any atom is 0.241 e. The standard InChI is InChI=1S/C18H23ClN4O2S/c1-12-10-15(16(25-3)11-14(12)19)21-17(24)13(2)22-5-7-23(8-6-22)18-20-4-9-26-18/h4,9-11,13H,5-8H2,1-3H3,(H,21,24)/t13-/m0/s1. The molecule has 1 fully saturated rings. The van der Waals surface area contributed by atoms with Gasteiger partial charge in [-0.1, -0.05) is 11.6 Å². The highest BCUT2D eigenvalue weighted by Crippen LogP contribution is 2.31. The molecule has 1 amide bonds. The fourth-order valence-electron chi connectivity index (χ4n) is 3.01. The number of carbonyl (C=O) groups is 1. The normalized spacial score (nSPS) is 16.4. The van der Waals surface area contributed by atoms with Gasteiger partial charge in [0.05, 0.1) is 18.8 Å². The molecular formula is C18H23ClN4O2S. The summed E-state index contributed by atoms with van der Waals surface area (Å²) in [6.07, 6.45) is 1.82. The van der Waals surface area contributed by atoms with Crippen LogP contribution in [0.25, 0.3) is 0 Å². The number of carbonyl (C=O) groups excluding carboxylic acids is 1. The molecule has 3 rings (SSSR count). The number of benzene rings is 1. The number of aryl methyl sites for hydroxylation is 1. The molecule has 6 nitrogen and oxygen atoms in total. The van der Waals surface area contributed by atoms with E-state index in [-0.39, 0.29) is 11.9 Å². The quantitative estimate of drug-likeness (QED) is 0.843. The second-order valence-corrected chi connectivity index (χ2v) is 7.58. The molecule has 1 atom stereocenters. The highest BCUT2D eigenvalue weighted by atomic mass is 35.5. The van der Waals surface area contributed by atoms with Crippen molar-refractivity contribution in [3.8, 4) is 5.75 Å². The highest BCUT2D eigenvalue weighted by molar-refractivity contribution is 7.13. The molecule has 0 spiro atoms. The third-order valence-electron chi connectivity index (χ3n) is 4.67. The lowest BCUT2D eigenvalue weighted by molar-refractivity contribution is -0.120. The van der Waals surface area contributed by atoms with E-state index in [9.17, 15) is 4.79 Å². The minimum atomic E-state index is -0.228. The minimum absolute atomic E-state index is 0.0484. The van der Waals surface area contributed by atoms with E-state index in [0.29, 0.717) is 16.5 Å². The molecule has 26 heavy (non-hydrogen) atoms. The third-order valence-corrected chi connectivity index (χ3v) is 5.91. The van der Waals surface area contributed by atoms with Gasteiger partial charge in [0.1, 0.15) is 5.75 Å². The predicted octanol–water partition coefficient (Wildman–Crippen LogP) is 3.26. The Morgan fingerprint density at radius 2 is 2.08 bits per heavy atom. The Bertz CT molecular complexity index is 761. The number of piperazine rings is 1. The van der Waals surface area contributed by atoms with Crippen molar-refractivity contribution in [1.82, 2.24) is 9.88 Å². The first-order valence-electron chi connectivity index (χ1n) is 8.53. The Labute approximate surface area is 162 Å². The zero-order valence-electron chi connectivity index (χ0n) is 15.2. The lowest BCUT2D eigenvalue weighted by Gasteiger charge is -2.37. The Balaban J connectivity index is 1.61. The molecule has 1 N–H and O–H groups in total. The van der Waals surface area contributed by atoms with Crippen LogP contribution in [0.4, 0.5) is 10.8 Å². The van der Waals surface area contributed by atoms with Crippen molar-refractivity contribution in [3.63, 3.8) is 0 Å². The number of hydrogen-bond acceptors (Lipinski definition) is 6. The molecule has 0 bridgehead atoms. The van der Waals surface area contributed by atoms with Gasteiger partial charge in [-0.05, 0) is 25.5 Å². The summed E-state index contributed by atoms with van der Waals surface area (Å²) >= 11 is 7.78. The number of rotatable bonds is 5. The Hall–Kier alpha value is -1.83. The number of nitrogens with one attached hydrogen (secondary N) is 1. The maximum atomic E-state index is 12.7. The average Bonchev–Trinajstić information content (AvgIpc) is 3.18. The molecule has 0 saturated carbocycles. The Morgan fingerprint density at radius 3 is 2.69 bits per heavy atom. The maximum absolute atomic E-state index is 12.7. The van der Waals surface area contributed by atoms with Gasteiger partial charge in [0.15, 0.2) is 5.13 Å². The van der Waals surface area contributed by atoms with E-state index in [1.54, 1.807) is 24.5 Å². The van der Waals surface area contributed by atoms with E-state index in [4.69, 9.17) is 16.3 Å². The van der Waals surface area contributed by atoms with E-state index in [1.807, 2.05) is 31.5 Å². The van der Waals surface area contributed by atoms with Crippen LogP contribution in [0.2, 0.25) is 5.02 Å². The molecule has 8 heteroatoms. The predicted molar refractivity (Wildman–Crippen MR) is 107 cm³/mol. The molecular weight excluding hydrogens is 372 g/mol. The first-order chi connectivity index (χ1) is 12.5. The summed E-state index contributed by atoms with van der Waals surface area (Å²) in [5.41, 5.74) is 1.54. The van der Waals surface area contributed by atoms with Gasteiger partial charge in [-0.3, -0.25) is 9.69 Å². The van der Waals surface area contributed by atoms with Crippen molar-refractivity contribution in [1.29, 1.82) is 0 Å². The van der Waals surface area contributed by atoms with E-state index < -0.39 is 0 Å². The van der Waals surface area contributed by atoms with E-state index in [0.717, 1.165) is 36.9 Å². The minimum Gasteiger partial charge on any atom is -0.495 e. The summed E-state index contributed by atoms with van der Waals surface area (Å²) in [5.74, 6) is 0.516. The number of thiazole rings is 1. The second-order valence-electron chi connectivity index (χ2n) is 6.30. The van der Waals surface area contributed by atoms with Crippen LogP contribution in [0, 0.1) is 6.92 Å². The molecule has 1 saturated heterocycles. The largest absolute Gasteiger partial charge is 0.495 e. The molecule has 0 aliphatic carbocycles. The molecule has 0 unspecified atom stereocenters. The van der Waals surface area contributed by atoms with Crippen molar-refractivity contribution in [2.24, 2.45) is 0 Å². The highest BCUT2D eigenvalue weighted by Gasteiger charge is 2.27. The fourth-order valence-corrected chi connectivity index (χ4v) is 3.86. The monoisotopic (exact) mass is 394 g/mol. The number of hydrogen-bond donors (Lipinski definition) is 1. The number of amides is 1. The SMILES string of the molecule is COc1cc(Cl)c(C)cc1NC(=O)[C@H](C)N1CCN(c2nccs2)CC1. The van der Waals surface area contributed by atoms with Gasteiger partial charge in [-0.25, -0.2) is 4.98 Å². The number of anilines is 2. The second kappa shape index (κ2) is 8.24. The first kappa shape index (κ1) is 18.9. The summed E-state index contributed by atoms with van der Waals surface area (Å²) in [4.78, 5) is 21.5. The topological polar surface area (TPSA) is 57.7 Å². The van der Waals surface area contributed by atoms with Gasteiger partial charge in [0.25, 0.3) is 0 Å². The molecule has 1 aromatic heterocycles. The van der Waals surface area contributed by atoms with Crippen LogP contribution in [-0.2, 0) is 4.79 Å². The van der Waals surface area contributed by atoms with Crippen LogP contribution in [-0.4, -0.2) is 55.1 Å². The average molecular weight is 395 g/mol. The van der Waals surface area contributed by atoms with Crippen molar-refractivity contribution < 1.29 is 9.53 Å². The molecule has 1 aliphatic rings. The van der Waals surface area contributed by atoms with E-state index >= 15 is 0 Å². The summed E-state index contributed by atoms with van der Waals surface area (Å²) in [7, 11) is 1.57. The Morgan fingerprint density at radius 1 is 1.35 bits per heavy atom. The number of nitrogens with zero attached hydrogens (tertiary/aromatic N) is 3. The van der Waals surface area contributed by atoms with Crippen LogP contribution in [0.3, 0.4) is 0 Å². The molecule has 2 heterocycles. The van der Waals surface area contributed by atoms with Gasteiger partial charge in [-0.2, -0.15) is 0 Å². The molecule has 1 aromatic carbocycles. The smallest absolute Gasteiger partial charge is 0.241 e.